The number of hydrogen-bond donors (Lipinski definition) is 1. The van der Waals surface area contributed by atoms with Crippen molar-refractivity contribution in [3.63, 3.8) is 0 Å². The molecule has 0 saturated carbocycles. The Bertz CT molecular complexity index is 886. The Morgan fingerprint density at radius 2 is 1.76 bits per heavy atom. The summed E-state index contributed by atoms with van der Waals surface area (Å²) in [5.74, 6) is 0.209. The lowest BCUT2D eigenvalue weighted by Crippen LogP contribution is -2.50. The van der Waals surface area contributed by atoms with Crippen LogP contribution < -0.4 is 15.1 Å². The van der Waals surface area contributed by atoms with Crippen LogP contribution in [0.4, 0.5) is 17.1 Å². The summed E-state index contributed by atoms with van der Waals surface area (Å²) in [6.45, 7) is 1.85. The fourth-order valence-corrected chi connectivity index (χ4v) is 4.21. The molecule has 6 nitrogen and oxygen atoms in total. The van der Waals surface area contributed by atoms with E-state index in [0.717, 1.165) is 48.6 Å². The van der Waals surface area contributed by atoms with E-state index in [0.29, 0.717) is 13.0 Å². The number of likely N-dealkylation sites (tertiary alicyclic amines) is 1. The maximum Gasteiger partial charge on any atom is 0.243 e. The fourth-order valence-electron chi connectivity index (χ4n) is 4.21. The van der Waals surface area contributed by atoms with E-state index in [4.69, 9.17) is 0 Å². The minimum Gasteiger partial charge on any atom is -0.378 e. The molecule has 0 radical (unpaired) electrons. The average Bonchev–Trinajstić information content (AvgIpc) is 2.73. The summed E-state index contributed by atoms with van der Waals surface area (Å²) in [6.07, 6.45) is 2.20. The number of rotatable bonds is 4. The lowest BCUT2D eigenvalue weighted by atomic mass is 10.00. The molecule has 2 aromatic carbocycles. The average molecular weight is 393 g/mol. The normalized spacial score (nSPS) is 17.0. The topological polar surface area (TPSA) is 55.9 Å². The predicted molar refractivity (Wildman–Crippen MR) is 116 cm³/mol. The maximum absolute atomic E-state index is 12.8. The highest BCUT2D eigenvalue weighted by Crippen LogP contribution is 2.33. The first-order valence-electron chi connectivity index (χ1n) is 10.2. The van der Waals surface area contributed by atoms with Gasteiger partial charge in [0.15, 0.2) is 0 Å². The summed E-state index contributed by atoms with van der Waals surface area (Å²) < 4.78 is 0. The zero-order chi connectivity index (χ0) is 20.4. The van der Waals surface area contributed by atoms with Gasteiger partial charge in [0.2, 0.25) is 11.8 Å². The zero-order valence-electron chi connectivity index (χ0n) is 17.1. The van der Waals surface area contributed by atoms with Gasteiger partial charge in [-0.15, -0.1) is 0 Å². The SMILES string of the molecule is CN(C)c1ccc(CC(=O)N2CCC(N3CC(=O)Nc4ccccc43)CC2)cc1. The van der Waals surface area contributed by atoms with Crippen LogP contribution >= 0.6 is 0 Å². The lowest BCUT2D eigenvalue weighted by molar-refractivity contribution is -0.131. The lowest BCUT2D eigenvalue weighted by Gasteiger charge is -2.41. The number of carbonyl (C=O) groups is 2. The molecule has 0 aromatic heterocycles. The first-order valence-corrected chi connectivity index (χ1v) is 10.2. The van der Waals surface area contributed by atoms with Crippen LogP contribution in [-0.4, -0.2) is 56.5 Å². The summed E-state index contributed by atoms with van der Waals surface area (Å²) in [5, 5.41) is 2.95. The van der Waals surface area contributed by atoms with Crippen LogP contribution in [0, 0.1) is 0 Å². The quantitative estimate of drug-likeness (QED) is 0.869. The van der Waals surface area contributed by atoms with Gasteiger partial charge in [-0.3, -0.25) is 9.59 Å². The van der Waals surface area contributed by atoms with E-state index < -0.39 is 0 Å². The second kappa shape index (κ2) is 8.15. The predicted octanol–water partition coefficient (Wildman–Crippen LogP) is 2.74. The van der Waals surface area contributed by atoms with Crippen LogP contribution in [-0.2, 0) is 16.0 Å². The number of fused-ring (bicyclic) bond motifs is 1. The molecule has 0 atom stereocenters. The van der Waals surface area contributed by atoms with E-state index in [9.17, 15) is 9.59 Å². The number of hydrogen-bond acceptors (Lipinski definition) is 4. The molecule has 2 aliphatic rings. The van der Waals surface area contributed by atoms with Gasteiger partial charge in [-0.25, -0.2) is 0 Å². The highest BCUT2D eigenvalue weighted by Gasteiger charge is 2.31. The first kappa shape index (κ1) is 19.3. The molecule has 152 valence electrons. The summed E-state index contributed by atoms with van der Waals surface area (Å²) in [6, 6.07) is 16.4. The van der Waals surface area contributed by atoms with Crippen LogP contribution in [0.25, 0.3) is 0 Å². The number of benzene rings is 2. The molecular formula is C23H28N4O2. The third-order valence-electron chi connectivity index (χ3n) is 5.87. The van der Waals surface area contributed by atoms with Crippen LogP contribution in [0.2, 0.25) is 0 Å². The number of nitrogens with one attached hydrogen (secondary N) is 1. The van der Waals surface area contributed by atoms with Gasteiger partial charge in [0.1, 0.15) is 0 Å². The van der Waals surface area contributed by atoms with Crippen molar-refractivity contribution >= 4 is 28.9 Å². The summed E-state index contributed by atoms with van der Waals surface area (Å²) in [7, 11) is 4.02. The monoisotopic (exact) mass is 392 g/mol. The van der Waals surface area contributed by atoms with Crippen LogP contribution in [0.5, 0.6) is 0 Å². The zero-order valence-corrected chi connectivity index (χ0v) is 17.1. The molecule has 2 amide bonds. The van der Waals surface area contributed by atoms with E-state index in [1.54, 1.807) is 0 Å². The molecule has 2 aromatic rings. The second-order valence-electron chi connectivity index (χ2n) is 8.04. The van der Waals surface area contributed by atoms with Gasteiger partial charge >= 0.3 is 0 Å². The summed E-state index contributed by atoms with van der Waals surface area (Å²) in [4.78, 5) is 31.1. The Morgan fingerprint density at radius 3 is 2.45 bits per heavy atom. The molecule has 0 spiro atoms. The van der Waals surface area contributed by atoms with Gasteiger partial charge in [0.25, 0.3) is 0 Å². The molecule has 29 heavy (non-hydrogen) atoms. The maximum atomic E-state index is 12.8. The Kier molecular flexibility index (Phi) is 5.43. The van der Waals surface area contributed by atoms with E-state index in [1.807, 2.05) is 61.5 Å². The molecule has 4 rings (SSSR count). The van der Waals surface area contributed by atoms with Crippen molar-refractivity contribution in [3.8, 4) is 0 Å². The molecule has 0 aliphatic carbocycles. The number of anilines is 3. The van der Waals surface area contributed by atoms with E-state index in [2.05, 4.69) is 21.2 Å². The minimum absolute atomic E-state index is 0.0309. The van der Waals surface area contributed by atoms with Gasteiger partial charge in [-0.1, -0.05) is 24.3 Å². The number of para-hydroxylation sites is 2. The van der Waals surface area contributed by atoms with Crippen molar-refractivity contribution < 1.29 is 9.59 Å². The van der Waals surface area contributed by atoms with Gasteiger partial charge in [-0.2, -0.15) is 0 Å². The Morgan fingerprint density at radius 1 is 1.07 bits per heavy atom. The Labute approximate surface area is 172 Å². The van der Waals surface area contributed by atoms with Crippen LogP contribution in [0.3, 0.4) is 0 Å². The number of nitrogens with zero attached hydrogens (tertiary/aromatic N) is 3. The van der Waals surface area contributed by atoms with Crippen molar-refractivity contribution in [2.75, 3.05) is 48.8 Å². The molecule has 0 bridgehead atoms. The highest BCUT2D eigenvalue weighted by molar-refractivity contribution is 6.01. The largest absolute Gasteiger partial charge is 0.378 e. The van der Waals surface area contributed by atoms with Crippen LogP contribution in [0.1, 0.15) is 18.4 Å². The summed E-state index contributed by atoms with van der Waals surface area (Å²) in [5.41, 5.74) is 4.14. The van der Waals surface area contributed by atoms with Crippen LogP contribution in [0.15, 0.2) is 48.5 Å². The molecule has 1 N–H and O–H groups in total. The third kappa shape index (κ3) is 4.21. The minimum atomic E-state index is 0.0309. The highest BCUT2D eigenvalue weighted by atomic mass is 16.2. The fraction of sp³-hybridized carbons (Fsp3) is 0.391. The number of carbonyl (C=O) groups excluding carboxylic acids is 2. The third-order valence-corrected chi connectivity index (χ3v) is 5.87. The van der Waals surface area contributed by atoms with Gasteiger partial charge in [0.05, 0.1) is 24.3 Å². The van der Waals surface area contributed by atoms with Crippen molar-refractivity contribution in [3.05, 3.63) is 54.1 Å². The van der Waals surface area contributed by atoms with Gasteiger partial charge in [-0.05, 0) is 42.7 Å². The molecule has 6 heteroatoms. The Balaban J connectivity index is 1.36. The van der Waals surface area contributed by atoms with E-state index in [-0.39, 0.29) is 17.9 Å². The molecule has 0 unspecified atom stereocenters. The van der Waals surface area contributed by atoms with E-state index in [1.165, 1.54) is 0 Å². The molecule has 2 aliphatic heterocycles. The standard InChI is InChI=1S/C23H28N4O2/c1-25(2)18-9-7-17(8-10-18)15-23(29)26-13-11-19(12-14-26)27-16-22(28)24-20-5-3-4-6-21(20)27/h3-10,19H,11-16H2,1-2H3,(H,24,28). The molecular weight excluding hydrogens is 364 g/mol. The smallest absolute Gasteiger partial charge is 0.243 e. The van der Waals surface area contributed by atoms with Crippen molar-refractivity contribution in [1.29, 1.82) is 0 Å². The van der Waals surface area contributed by atoms with Gasteiger partial charge < -0.3 is 20.0 Å². The summed E-state index contributed by atoms with van der Waals surface area (Å²) >= 11 is 0. The van der Waals surface area contributed by atoms with Crippen molar-refractivity contribution in [2.45, 2.75) is 25.3 Å². The second-order valence-corrected chi connectivity index (χ2v) is 8.04. The van der Waals surface area contributed by atoms with Crippen molar-refractivity contribution in [1.82, 2.24) is 4.90 Å². The first-order chi connectivity index (χ1) is 14.0. The number of amides is 2. The molecule has 2 heterocycles. The van der Waals surface area contributed by atoms with Gasteiger partial charge in [0, 0.05) is 38.9 Å². The molecule has 1 fully saturated rings. The van der Waals surface area contributed by atoms with Crippen molar-refractivity contribution in [2.24, 2.45) is 0 Å². The molecule has 1 saturated heterocycles. The number of piperidine rings is 1. The van der Waals surface area contributed by atoms with E-state index >= 15 is 0 Å². The Hall–Kier alpha value is -3.02.